The molecular weight excluding hydrogens is 1100 g/mol. The van der Waals surface area contributed by atoms with Crippen molar-refractivity contribution in [2.45, 2.75) is 277 Å². The Morgan fingerprint density at radius 2 is 0.621 bits per heavy atom. The number of hydrogen-bond acceptors (Lipinski definition) is 6. The van der Waals surface area contributed by atoms with Crippen molar-refractivity contribution in [2.75, 3.05) is 0 Å². The number of aromatic hydroxyl groups is 1. The molecule has 0 aliphatic carbocycles. The van der Waals surface area contributed by atoms with Gasteiger partial charge in [0, 0.05) is 21.3 Å². The van der Waals surface area contributed by atoms with Crippen LogP contribution in [0.2, 0.25) is 31.2 Å². The van der Waals surface area contributed by atoms with Gasteiger partial charge in [0.25, 0.3) is 0 Å². The van der Waals surface area contributed by atoms with Gasteiger partial charge in [0.1, 0.15) is 33.8 Å². The molecule has 0 bridgehead atoms. The molecule has 0 unspecified atom stereocenters. The van der Waals surface area contributed by atoms with Crippen molar-refractivity contribution in [2.24, 2.45) is 0 Å². The molecule has 0 aliphatic heterocycles. The molecule has 8 heteroatoms. The Kier molecular flexibility index (Phi) is 23.1. The molecule has 0 atom stereocenters. The maximum absolute atomic E-state index is 9.94. The van der Waals surface area contributed by atoms with Crippen molar-refractivity contribution in [3.05, 3.63) is 190 Å². The highest BCUT2D eigenvalue weighted by molar-refractivity contribution is 6.75. The highest BCUT2D eigenvalue weighted by Gasteiger charge is 2.61. The van der Waals surface area contributed by atoms with Crippen molar-refractivity contribution < 1.29 is 28.2 Å². The topological polar surface area (TPSA) is 66.4 Å². The number of hydrogen-bond donors (Lipinski definition) is 1. The molecule has 0 radical (unpaired) electrons. The largest absolute Gasteiger partial charge is 0.508 e. The van der Waals surface area contributed by atoms with E-state index in [-0.39, 0.29) is 33.1 Å². The number of rotatable bonds is 33. The first-order valence-electron chi connectivity index (χ1n) is 33.8. The van der Waals surface area contributed by atoms with Crippen molar-refractivity contribution in [3.63, 3.8) is 0 Å². The van der Waals surface area contributed by atoms with Crippen molar-refractivity contribution in [1.29, 1.82) is 0 Å². The van der Waals surface area contributed by atoms with Gasteiger partial charge in [-0.2, -0.15) is 0 Å². The predicted octanol–water partition coefficient (Wildman–Crippen LogP) is 22.8. The summed E-state index contributed by atoms with van der Waals surface area (Å²) in [5.74, 6) is 3.00. The summed E-state index contributed by atoms with van der Waals surface area (Å²) in [5, 5.41) is 9.29. The van der Waals surface area contributed by atoms with Gasteiger partial charge in [-0.3, -0.25) is 0 Å². The number of phenolic OH excluding ortho intramolecular Hbond substituents is 1. The second-order valence-corrected chi connectivity index (χ2v) is 36.0. The van der Waals surface area contributed by atoms with Crippen LogP contribution in [0.15, 0.2) is 146 Å². The van der Waals surface area contributed by atoms with Crippen molar-refractivity contribution >= 4 is 16.6 Å². The third kappa shape index (κ3) is 14.0. The lowest BCUT2D eigenvalue weighted by atomic mass is 9.76. The Hall–Kier alpha value is -5.13. The minimum absolute atomic E-state index is 0.187. The molecule has 1 N–H and O–H groups in total. The molecule has 0 aliphatic rings. The maximum Gasteiger partial charge on any atom is 0.233 e. The minimum Gasteiger partial charge on any atom is -0.508 e. The summed E-state index contributed by atoms with van der Waals surface area (Å²) in [6, 6.07) is 52.6. The average Bonchev–Trinajstić information content (AvgIpc) is 1.27. The summed E-state index contributed by atoms with van der Waals surface area (Å²) in [4.78, 5) is 0. The summed E-state index contributed by atoms with van der Waals surface area (Å²) < 4.78 is 36.7. The lowest BCUT2D eigenvalue weighted by Gasteiger charge is -2.58. The van der Waals surface area contributed by atoms with E-state index in [0.29, 0.717) is 0 Å². The summed E-state index contributed by atoms with van der Waals surface area (Å²) in [5.41, 5.74) is 7.82. The summed E-state index contributed by atoms with van der Waals surface area (Å²) in [6.45, 7) is 50.9. The van der Waals surface area contributed by atoms with Crippen LogP contribution in [0.1, 0.15) is 246 Å². The van der Waals surface area contributed by atoms with E-state index in [0.717, 1.165) is 99.9 Å². The Labute approximate surface area is 532 Å². The van der Waals surface area contributed by atoms with Gasteiger partial charge in [0.15, 0.2) is 8.32 Å². The lowest BCUT2D eigenvalue weighted by Crippen LogP contribution is -2.62. The second kappa shape index (κ2) is 28.4. The zero-order valence-electron chi connectivity index (χ0n) is 58.4. The molecule has 6 nitrogen and oxygen atoms in total. The van der Waals surface area contributed by atoms with Crippen LogP contribution >= 0.6 is 0 Å². The fourth-order valence-electron chi connectivity index (χ4n) is 15.4. The third-order valence-electron chi connectivity index (χ3n) is 22.2. The van der Waals surface area contributed by atoms with Crippen LogP contribution in [-0.4, -0.2) is 38.7 Å². The van der Waals surface area contributed by atoms with Gasteiger partial charge in [-0.1, -0.05) is 222 Å². The summed E-state index contributed by atoms with van der Waals surface area (Å²) in [6.07, 6.45) is 11.1. The van der Waals surface area contributed by atoms with E-state index in [9.17, 15) is 5.11 Å². The SMILES string of the molecule is CCC(CC)Oc1ccc(C(C)(C)c2ccc(C(CC)(CC)O[Si](C)(C)C(CC)(CC)C(CC)(CC)Oc3ccc(C(C)(C)c4ccc(C(CC)(CC)O[Si](C)(C)C(CC)(CC)Oc5ccc(C(C)(C)c6ccc(O)cc6)cc5)cc4)cc3)cc2)cc1. The summed E-state index contributed by atoms with van der Waals surface area (Å²) in [7, 11) is -5.23. The number of phenols is 1. The molecule has 0 spiro atoms. The first-order valence-corrected chi connectivity index (χ1v) is 39.6. The van der Waals surface area contributed by atoms with Gasteiger partial charge in [0.05, 0.1) is 17.3 Å². The van der Waals surface area contributed by atoms with Gasteiger partial charge in [0.2, 0.25) is 8.32 Å². The molecule has 6 aromatic rings. The van der Waals surface area contributed by atoms with Crippen LogP contribution in [0.5, 0.6) is 23.0 Å². The molecule has 0 heterocycles. The maximum atomic E-state index is 9.94. The van der Waals surface area contributed by atoms with E-state index in [1.807, 2.05) is 12.1 Å². The van der Waals surface area contributed by atoms with Crippen molar-refractivity contribution in [3.8, 4) is 23.0 Å². The number of ether oxygens (including phenoxy) is 3. The zero-order valence-corrected chi connectivity index (χ0v) is 60.4. The smallest absolute Gasteiger partial charge is 0.233 e. The summed E-state index contributed by atoms with van der Waals surface area (Å²) >= 11 is 0. The molecule has 0 amide bonds. The van der Waals surface area contributed by atoms with Gasteiger partial charge < -0.3 is 28.2 Å². The van der Waals surface area contributed by atoms with Crippen LogP contribution in [0.4, 0.5) is 0 Å². The third-order valence-corrected chi connectivity index (χ3v) is 30.5. The van der Waals surface area contributed by atoms with E-state index in [1.165, 1.54) is 38.9 Å². The lowest BCUT2D eigenvalue weighted by molar-refractivity contribution is -0.0263. The zero-order chi connectivity index (χ0) is 64.5. The molecular formula is C79H116O6Si2. The Morgan fingerprint density at radius 1 is 0.333 bits per heavy atom. The normalized spacial score (nSPS) is 13.5. The van der Waals surface area contributed by atoms with Gasteiger partial charge in [-0.15, -0.1) is 0 Å². The first-order chi connectivity index (χ1) is 41.0. The van der Waals surface area contributed by atoms with Crippen LogP contribution in [0.25, 0.3) is 0 Å². The predicted molar refractivity (Wildman–Crippen MR) is 375 cm³/mol. The average molecular weight is 1220 g/mol. The number of benzene rings is 6. The highest BCUT2D eigenvalue weighted by Crippen LogP contribution is 2.60. The Morgan fingerprint density at radius 3 is 0.920 bits per heavy atom. The van der Waals surface area contributed by atoms with Crippen LogP contribution < -0.4 is 14.2 Å². The molecule has 476 valence electrons. The Balaban J connectivity index is 1.21. The van der Waals surface area contributed by atoms with E-state index < -0.39 is 38.7 Å². The standard InChI is InChI=1S/C79H116O6Si2/c1-23-68(24-2)81-69-53-45-62(46-54-69)72(13,14)59-35-39-65(40-36-59)75(25-3,26-4)84-86(19,20)78(31-9,32-10)77(29-7,30-8)82-70-55-47-63(48-56-70)73(15,16)60-37-41-66(42-38-60)76(27-5,28-6)85-87(21,22)79(33-11,34-12)83-71-57-49-64(50-58-71)74(17,18)61-43-51-67(80)52-44-61/h35-58,68,80H,23-34H2,1-22H3. The monoisotopic (exact) mass is 1220 g/mol. The molecule has 0 saturated heterocycles. The minimum atomic E-state index is -2.63. The fraction of sp³-hybridized carbons (Fsp3) is 0.544. The Bertz CT molecular complexity index is 3040. The van der Waals surface area contributed by atoms with Gasteiger partial charge >= 0.3 is 0 Å². The van der Waals surface area contributed by atoms with Crippen LogP contribution in [0, 0.1) is 0 Å². The molecule has 87 heavy (non-hydrogen) atoms. The van der Waals surface area contributed by atoms with E-state index >= 15 is 0 Å². The molecule has 0 fully saturated rings. The van der Waals surface area contributed by atoms with Crippen LogP contribution in [0.3, 0.4) is 0 Å². The van der Waals surface area contributed by atoms with Gasteiger partial charge in [-0.05, 0) is 196 Å². The highest BCUT2D eigenvalue weighted by atomic mass is 28.4. The van der Waals surface area contributed by atoms with E-state index in [1.54, 1.807) is 12.1 Å². The molecule has 0 saturated carbocycles. The van der Waals surface area contributed by atoms with E-state index in [4.69, 9.17) is 23.1 Å². The van der Waals surface area contributed by atoms with Crippen LogP contribution in [-0.2, 0) is 36.3 Å². The second-order valence-electron chi connectivity index (χ2n) is 27.7. The fourth-order valence-corrected chi connectivity index (χ4v) is 23.8. The van der Waals surface area contributed by atoms with Crippen molar-refractivity contribution in [1.82, 2.24) is 0 Å². The van der Waals surface area contributed by atoms with E-state index in [2.05, 4.69) is 272 Å². The van der Waals surface area contributed by atoms with Gasteiger partial charge in [-0.25, -0.2) is 0 Å². The molecule has 0 aromatic heterocycles. The first kappa shape index (κ1) is 71.0. The quantitative estimate of drug-likeness (QED) is 0.0414. The molecule has 6 rings (SSSR count). The molecule has 6 aromatic carbocycles.